The smallest absolute Gasteiger partial charge is 0.169 e. The summed E-state index contributed by atoms with van der Waals surface area (Å²) < 4.78 is 5.66. The molecule has 1 heterocycles. The Morgan fingerprint density at radius 1 is 1.29 bits per heavy atom. The van der Waals surface area contributed by atoms with Crippen molar-refractivity contribution in [3.63, 3.8) is 0 Å². The van der Waals surface area contributed by atoms with Gasteiger partial charge in [-0.1, -0.05) is 0 Å². The van der Waals surface area contributed by atoms with E-state index in [2.05, 4.69) is 24.1 Å². The van der Waals surface area contributed by atoms with E-state index in [1.807, 2.05) is 0 Å². The molecule has 0 aromatic rings. The van der Waals surface area contributed by atoms with Crippen molar-refractivity contribution in [2.45, 2.75) is 44.9 Å². The average molecular weight is 214 g/mol. The topological polar surface area (TPSA) is 24.5 Å². The number of ether oxygens (including phenoxy) is 1. The molecule has 1 saturated carbocycles. The molecule has 1 N–H and O–H groups in total. The SMILES string of the molecule is C[C@@H]1CN(C(=S)NC2CC2)C[C@@H](C)O1. The molecule has 80 valence electrons. The van der Waals surface area contributed by atoms with Gasteiger partial charge in [0.15, 0.2) is 5.11 Å². The molecule has 1 saturated heterocycles. The minimum absolute atomic E-state index is 0.290. The average Bonchev–Trinajstić information content (AvgIpc) is 2.86. The lowest BCUT2D eigenvalue weighted by Gasteiger charge is -2.37. The van der Waals surface area contributed by atoms with Gasteiger partial charge >= 0.3 is 0 Å². The van der Waals surface area contributed by atoms with Crippen LogP contribution in [0.1, 0.15) is 26.7 Å². The van der Waals surface area contributed by atoms with Crippen LogP contribution in [0.25, 0.3) is 0 Å². The summed E-state index contributed by atoms with van der Waals surface area (Å²) in [7, 11) is 0. The zero-order valence-corrected chi connectivity index (χ0v) is 9.64. The second kappa shape index (κ2) is 4.03. The van der Waals surface area contributed by atoms with E-state index in [0.29, 0.717) is 6.04 Å². The van der Waals surface area contributed by atoms with E-state index in [0.717, 1.165) is 18.2 Å². The van der Waals surface area contributed by atoms with E-state index in [4.69, 9.17) is 17.0 Å². The molecular weight excluding hydrogens is 196 g/mol. The van der Waals surface area contributed by atoms with Gasteiger partial charge in [-0.2, -0.15) is 0 Å². The Kier molecular flexibility index (Phi) is 2.93. The lowest BCUT2D eigenvalue weighted by Crippen LogP contribution is -2.51. The van der Waals surface area contributed by atoms with Gasteiger partial charge < -0.3 is 15.0 Å². The molecule has 14 heavy (non-hydrogen) atoms. The number of hydrogen-bond acceptors (Lipinski definition) is 2. The minimum atomic E-state index is 0.290. The minimum Gasteiger partial charge on any atom is -0.372 e. The third-order valence-corrected chi connectivity index (χ3v) is 2.99. The molecule has 1 aliphatic carbocycles. The van der Waals surface area contributed by atoms with Crippen molar-refractivity contribution in [1.82, 2.24) is 10.2 Å². The summed E-state index contributed by atoms with van der Waals surface area (Å²) in [6.07, 6.45) is 3.13. The molecule has 2 fully saturated rings. The van der Waals surface area contributed by atoms with Crippen LogP contribution in [0.4, 0.5) is 0 Å². The van der Waals surface area contributed by atoms with Crippen molar-refractivity contribution in [1.29, 1.82) is 0 Å². The van der Waals surface area contributed by atoms with Crippen LogP contribution in [0.15, 0.2) is 0 Å². The zero-order chi connectivity index (χ0) is 10.1. The maximum atomic E-state index is 5.66. The number of hydrogen-bond donors (Lipinski definition) is 1. The van der Waals surface area contributed by atoms with Gasteiger partial charge in [0.25, 0.3) is 0 Å². The Bertz CT molecular complexity index is 220. The number of nitrogens with zero attached hydrogens (tertiary/aromatic N) is 1. The van der Waals surface area contributed by atoms with Gasteiger partial charge in [0.05, 0.1) is 12.2 Å². The molecule has 0 aromatic carbocycles. The highest BCUT2D eigenvalue weighted by molar-refractivity contribution is 7.80. The maximum Gasteiger partial charge on any atom is 0.169 e. The number of thiocarbonyl (C=S) groups is 1. The molecule has 2 atom stereocenters. The van der Waals surface area contributed by atoms with E-state index in [9.17, 15) is 0 Å². The Morgan fingerprint density at radius 3 is 2.36 bits per heavy atom. The number of rotatable bonds is 1. The van der Waals surface area contributed by atoms with Crippen LogP contribution < -0.4 is 5.32 Å². The zero-order valence-electron chi connectivity index (χ0n) is 8.82. The first kappa shape index (κ1) is 10.2. The van der Waals surface area contributed by atoms with E-state index in [1.54, 1.807) is 0 Å². The Hall–Kier alpha value is -0.350. The lowest BCUT2D eigenvalue weighted by atomic mass is 10.2. The molecule has 2 aliphatic rings. The highest BCUT2D eigenvalue weighted by Gasteiger charge is 2.27. The first-order chi connectivity index (χ1) is 6.65. The first-order valence-electron chi connectivity index (χ1n) is 5.36. The maximum absolute atomic E-state index is 5.66. The van der Waals surface area contributed by atoms with Crippen molar-refractivity contribution in [2.75, 3.05) is 13.1 Å². The van der Waals surface area contributed by atoms with Gasteiger partial charge in [-0.05, 0) is 38.9 Å². The van der Waals surface area contributed by atoms with E-state index in [-0.39, 0.29) is 12.2 Å². The van der Waals surface area contributed by atoms with Crippen LogP contribution in [0.3, 0.4) is 0 Å². The summed E-state index contributed by atoms with van der Waals surface area (Å²) >= 11 is 5.36. The largest absolute Gasteiger partial charge is 0.372 e. The van der Waals surface area contributed by atoms with Crippen molar-refractivity contribution < 1.29 is 4.74 Å². The van der Waals surface area contributed by atoms with Gasteiger partial charge in [0.1, 0.15) is 0 Å². The Labute approximate surface area is 90.8 Å². The Morgan fingerprint density at radius 2 is 1.86 bits per heavy atom. The first-order valence-corrected chi connectivity index (χ1v) is 5.77. The highest BCUT2D eigenvalue weighted by Crippen LogP contribution is 2.20. The standard InChI is InChI=1S/C10H18N2OS/c1-7-5-12(6-8(2)13-7)10(14)11-9-3-4-9/h7-9H,3-6H2,1-2H3,(H,11,14)/t7-,8-/m1/s1. The summed E-state index contributed by atoms with van der Waals surface area (Å²) in [5, 5.41) is 4.28. The lowest BCUT2D eigenvalue weighted by molar-refractivity contribution is -0.0482. The van der Waals surface area contributed by atoms with Gasteiger partial charge in [-0.25, -0.2) is 0 Å². The van der Waals surface area contributed by atoms with E-state index in [1.165, 1.54) is 12.8 Å². The summed E-state index contributed by atoms with van der Waals surface area (Å²) in [6, 6.07) is 0.649. The van der Waals surface area contributed by atoms with Crippen LogP contribution in [0.2, 0.25) is 0 Å². The number of nitrogens with one attached hydrogen (secondary N) is 1. The quantitative estimate of drug-likeness (QED) is 0.661. The van der Waals surface area contributed by atoms with Crippen LogP contribution >= 0.6 is 12.2 Å². The molecule has 0 aromatic heterocycles. The summed E-state index contributed by atoms with van der Waals surface area (Å²) in [5.41, 5.74) is 0. The molecular formula is C10H18N2OS. The van der Waals surface area contributed by atoms with Crippen LogP contribution in [0.5, 0.6) is 0 Å². The predicted molar refractivity (Wildman–Crippen MR) is 60.3 cm³/mol. The molecule has 0 spiro atoms. The van der Waals surface area contributed by atoms with Crippen molar-refractivity contribution in [3.8, 4) is 0 Å². The normalized spacial score (nSPS) is 32.9. The number of morpholine rings is 1. The summed E-state index contributed by atoms with van der Waals surface area (Å²) in [6.45, 7) is 6.04. The molecule has 2 rings (SSSR count). The fourth-order valence-electron chi connectivity index (χ4n) is 1.84. The summed E-state index contributed by atoms with van der Waals surface area (Å²) in [5.74, 6) is 0. The third kappa shape index (κ3) is 2.58. The van der Waals surface area contributed by atoms with Crippen LogP contribution in [-0.2, 0) is 4.74 Å². The van der Waals surface area contributed by atoms with Crippen LogP contribution in [-0.4, -0.2) is 41.4 Å². The van der Waals surface area contributed by atoms with Crippen molar-refractivity contribution in [2.24, 2.45) is 0 Å². The molecule has 0 amide bonds. The Balaban J connectivity index is 1.85. The molecule has 4 heteroatoms. The monoisotopic (exact) mass is 214 g/mol. The van der Waals surface area contributed by atoms with Gasteiger partial charge in [-0.15, -0.1) is 0 Å². The molecule has 1 aliphatic heterocycles. The van der Waals surface area contributed by atoms with E-state index >= 15 is 0 Å². The van der Waals surface area contributed by atoms with Gasteiger partial charge in [0.2, 0.25) is 0 Å². The molecule has 0 radical (unpaired) electrons. The van der Waals surface area contributed by atoms with Crippen LogP contribution in [0, 0.1) is 0 Å². The van der Waals surface area contributed by atoms with Gasteiger partial charge in [0, 0.05) is 19.1 Å². The summed E-state index contributed by atoms with van der Waals surface area (Å²) in [4.78, 5) is 2.23. The second-order valence-electron chi connectivity index (χ2n) is 4.39. The van der Waals surface area contributed by atoms with Crippen molar-refractivity contribution in [3.05, 3.63) is 0 Å². The highest BCUT2D eigenvalue weighted by atomic mass is 32.1. The molecule has 0 bridgehead atoms. The predicted octanol–water partition coefficient (Wildman–Crippen LogP) is 1.13. The van der Waals surface area contributed by atoms with Gasteiger partial charge in [-0.3, -0.25) is 0 Å². The molecule has 3 nitrogen and oxygen atoms in total. The fourth-order valence-corrected chi connectivity index (χ4v) is 2.15. The molecule has 0 unspecified atom stereocenters. The van der Waals surface area contributed by atoms with E-state index < -0.39 is 0 Å². The van der Waals surface area contributed by atoms with Crippen molar-refractivity contribution >= 4 is 17.3 Å². The third-order valence-electron chi connectivity index (χ3n) is 2.61. The fraction of sp³-hybridized carbons (Fsp3) is 0.900. The second-order valence-corrected chi connectivity index (χ2v) is 4.77.